The third kappa shape index (κ3) is 3.69. The number of nitrogens with zero attached hydrogens (tertiary/aromatic N) is 1. The number of halogens is 1. The van der Waals surface area contributed by atoms with E-state index >= 15 is 0 Å². The number of carbonyl (C=O) groups is 2. The van der Waals surface area contributed by atoms with E-state index in [1.807, 2.05) is 30.3 Å². The number of hydrogen-bond acceptors (Lipinski definition) is 3. The van der Waals surface area contributed by atoms with Gasteiger partial charge < -0.3 is 14.7 Å². The maximum atomic E-state index is 13.2. The molecule has 1 saturated heterocycles. The molecule has 1 aliphatic rings. The first-order valence-corrected chi connectivity index (χ1v) is 8.46. The van der Waals surface area contributed by atoms with Gasteiger partial charge in [-0.15, -0.1) is 0 Å². The predicted octanol–water partition coefficient (Wildman–Crippen LogP) is 3.58. The number of carbonyl (C=O) groups excluding carboxylic acids is 1. The van der Waals surface area contributed by atoms with Crippen LogP contribution in [-0.4, -0.2) is 35.2 Å². The van der Waals surface area contributed by atoms with E-state index in [-0.39, 0.29) is 32.5 Å². The van der Waals surface area contributed by atoms with Crippen molar-refractivity contribution in [3.8, 4) is 0 Å². The number of amides is 1. The van der Waals surface area contributed by atoms with Crippen molar-refractivity contribution in [1.82, 2.24) is 4.90 Å². The molecule has 1 N–H and O–H groups in total. The molecule has 3 rings (SSSR count). The Labute approximate surface area is 151 Å². The molecule has 26 heavy (non-hydrogen) atoms. The van der Waals surface area contributed by atoms with Gasteiger partial charge in [0.2, 0.25) is 0 Å². The van der Waals surface area contributed by atoms with Crippen LogP contribution in [0.25, 0.3) is 0 Å². The van der Waals surface area contributed by atoms with E-state index in [4.69, 9.17) is 4.74 Å². The van der Waals surface area contributed by atoms with Crippen LogP contribution in [0.1, 0.15) is 24.0 Å². The van der Waals surface area contributed by atoms with Gasteiger partial charge in [-0.3, -0.25) is 4.79 Å². The third-order valence-electron chi connectivity index (χ3n) is 4.89. The Morgan fingerprint density at radius 1 is 1.04 bits per heavy atom. The van der Waals surface area contributed by atoms with E-state index in [0.29, 0.717) is 5.56 Å². The molecule has 0 saturated carbocycles. The minimum Gasteiger partial charge on any atom is -0.481 e. The highest BCUT2D eigenvalue weighted by Crippen LogP contribution is 2.36. The fourth-order valence-electron chi connectivity index (χ4n) is 3.28. The van der Waals surface area contributed by atoms with Crippen LogP contribution < -0.4 is 0 Å². The molecular formula is C20H20FNO4. The monoisotopic (exact) mass is 357 g/mol. The maximum absolute atomic E-state index is 13.2. The Bertz CT molecular complexity index is 768. The lowest BCUT2D eigenvalue weighted by molar-refractivity contribution is -0.145. The Kier molecular flexibility index (Phi) is 5.21. The third-order valence-corrected chi connectivity index (χ3v) is 4.89. The molecule has 6 heteroatoms. The Morgan fingerprint density at radius 2 is 1.65 bits per heavy atom. The minimum atomic E-state index is -1.11. The number of hydrogen-bond donors (Lipinski definition) is 1. The molecule has 0 radical (unpaired) electrons. The van der Waals surface area contributed by atoms with Crippen molar-refractivity contribution in [2.75, 3.05) is 13.1 Å². The smallest absolute Gasteiger partial charge is 0.410 e. The van der Waals surface area contributed by atoms with Crippen molar-refractivity contribution in [1.29, 1.82) is 0 Å². The quantitative estimate of drug-likeness (QED) is 0.908. The summed E-state index contributed by atoms with van der Waals surface area (Å²) in [5.74, 6) is -1.36. The van der Waals surface area contributed by atoms with Crippen molar-refractivity contribution in [3.05, 3.63) is 71.5 Å². The molecule has 1 heterocycles. The van der Waals surface area contributed by atoms with Crippen LogP contribution in [0.5, 0.6) is 0 Å². The number of rotatable bonds is 4. The Morgan fingerprint density at radius 3 is 2.23 bits per heavy atom. The van der Waals surface area contributed by atoms with Crippen molar-refractivity contribution >= 4 is 12.1 Å². The molecule has 0 spiro atoms. The van der Waals surface area contributed by atoms with Gasteiger partial charge in [-0.1, -0.05) is 42.5 Å². The Balaban J connectivity index is 1.63. The zero-order chi connectivity index (χ0) is 18.6. The summed E-state index contributed by atoms with van der Waals surface area (Å²) >= 11 is 0. The van der Waals surface area contributed by atoms with Gasteiger partial charge in [0.25, 0.3) is 0 Å². The first kappa shape index (κ1) is 17.9. The highest BCUT2D eigenvalue weighted by atomic mass is 19.1. The predicted molar refractivity (Wildman–Crippen MR) is 93.1 cm³/mol. The van der Waals surface area contributed by atoms with Crippen molar-refractivity contribution < 1.29 is 23.8 Å². The van der Waals surface area contributed by atoms with Gasteiger partial charge in [-0.05, 0) is 36.1 Å². The molecule has 0 bridgehead atoms. The van der Waals surface area contributed by atoms with Crippen LogP contribution in [0.3, 0.4) is 0 Å². The molecule has 0 aliphatic carbocycles. The summed E-state index contributed by atoms with van der Waals surface area (Å²) in [4.78, 5) is 25.7. The molecule has 1 amide bonds. The first-order valence-electron chi connectivity index (χ1n) is 8.46. The highest BCUT2D eigenvalue weighted by molar-refractivity contribution is 5.82. The standard InChI is InChI=1S/C20H20FNO4/c21-17-8-6-16(7-9-17)20(18(23)24)10-12-22(13-11-20)19(25)26-14-15-4-2-1-3-5-15/h1-9H,10-14H2,(H,23,24). The number of carboxylic acid groups (broad SMARTS) is 1. The maximum Gasteiger partial charge on any atom is 0.410 e. The molecule has 0 atom stereocenters. The van der Waals surface area contributed by atoms with E-state index in [1.54, 1.807) is 0 Å². The normalized spacial score (nSPS) is 16.1. The van der Waals surface area contributed by atoms with Crippen LogP contribution in [0.4, 0.5) is 9.18 Å². The van der Waals surface area contributed by atoms with Gasteiger partial charge in [-0.2, -0.15) is 0 Å². The molecule has 2 aromatic rings. The summed E-state index contributed by atoms with van der Waals surface area (Å²) in [5, 5.41) is 9.76. The lowest BCUT2D eigenvalue weighted by Gasteiger charge is -2.38. The molecule has 0 unspecified atom stereocenters. The summed E-state index contributed by atoms with van der Waals surface area (Å²) in [6.45, 7) is 0.729. The van der Waals surface area contributed by atoms with E-state index in [2.05, 4.69) is 0 Å². The molecule has 136 valence electrons. The van der Waals surface area contributed by atoms with Gasteiger partial charge >= 0.3 is 12.1 Å². The Hall–Kier alpha value is -2.89. The van der Waals surface area contributed by atoms with Crippen LogP contribution in [0, 0.1) is 5.82 Å². The van der Waals surface area contributed by atoms with E-state index < -0.39 is 23.3 Å². The zero-order valence-electron chi connectivity index (χ0n) is 14.2. The average Bonchev–Trinajstić information content (AvgIpc) is 2.67. The number of likely N-dealkylation sites (tertiary alicyclic amines) is 1. The fourth-order valence-corrected chi connectivity index (χ4v) is 3.28. The van der Waals surface area contributed by atoms with Crippen LogP contribution >= 0.6 is 0 Å². The molecular weight excluding hydrogens is 337 g/mol. The SMILES string of the molecule is O=C(OCc1ccccc1)N1CCC(C(=O)O)(c2ccc(F)cc2)CC1. The van der Waals surface area contributed by atoms with Crippen molar-refractivity contribution in [3.63, 3.8) is 0 Å². The van der Waals surface area contributed by atoms with E-state index in [9.17, 15) is 19.1 Å². The van der Waals surface area contributed by atoms with Gasteiger partial charge in [0.05, 0.1) is 5.41 Å². The first-order chi connectivity index (χ1) is 12.5. The van der Waals surface area contributed by atoms with E-state index in [0.717, 1.165) is 5.56 Å². The lowest BCUT2D eigenvalue weighted by atomic mass is 9.73. The highest BCUT2D eigenvalue weighted by Gasteiger charge is 2.44. The fraction of sp³-hybridized carbons (Fsp3) is 0.300. The molecule has 0 aromatic heterocycles. The number of benzene rings is 2. The second-order valence-corrected chi connectivity index (χ2v) is 6.42. The van der Waals surface area contributed by atoms with Crippen LogP contribution in [-0.2, 0) is 21.6 Å². The topological polar surface area (TPSA) is 66.8 Å². The lowest BCUT2D eigenvalue weighted by Crippen LogP contribution is -2.49. The summed E-state index contributed by atoms with van der Waals surface area (Å²) in [5.41, 5.74) is 0.344. The van der Waals surface area contributed by atoms with Gasteiger partial charge in [-0.25, -0.2) is 9.18 Å². The molecule has 1 fully saturated rings. The number of piperidine rings is 1. The van der Waals surface area contributed by atoms with Crippen molar-refractivity contribution in [2.24, 2.45) is 0 Å². The summed E-state index contributed by atoms with van der Waals surface area (Å²) in [6, 6.07) is 14.9. The van der Waals surface area contributed by atoms with Gasteiger partial charge in [0.1, 0.15) is 12.4 Å². The van der Waals surface area contributed by atoms with Crippen LogP contribution in [0.15, 0.2) is 54.6 Å². The number of carboxylic acids is 1. The second-order valence-electron chi connectivity index (χ2n) is 6.42. The second kappa shape index (κ2) is 7.56. The van der Waals surface area contributed by atoms with Crippen LogP contribution in [0.2, 0.25) is 0 Å². The molecule has 2 aromatic carbocycles. The zero-order valence-corrected chi connectivity index (χ0v) is 14.2. The average molecular weight is 357 g/mol. The molecule has 1 aliphatic heterocycles. The van der Waals surface area contributed by atoms with Gasteiger partial charge in [0, 0.05) is 13.1 Å². The largest absolute Gasteiger partial charge is 0.481 e. The minimum absolute atomic E-state index is 0.179. The number of aliphatic carboxylic acids is 1. The summed E-state index contributed by atoms with van der Waals surface area (Å²) in [7, 11) is 0. The number of ether oxygens (including phenoxy) is 1. The van der Waals surface area contributed by atoms with Crippen molar-refractivity contribution in [2.45, 2.75) is 24.9 Å². The summed E-state index contributed by atoms with van der Waals surface area (Å²) < 4.78 is 18.5. The van der Waals surface area contributed by atoms with Gasteiger partial charge in [0.15, 0.2) is 0 Å². The molecule has 5 nitrogen and oxygen atoms in total. The van der Waals surface area contributed by atoms with E-state index in [1.165, 1.54) is 29.2 Å². The summed E-state index contributed by atoms with van der Waals surface area (Å²) in [6.07, 6.45) is 0.0648.